The zero-order valence-electron chi connectivity index (χ0n) is 9.11. The van der Waals surface area contributed by atoms with Crippen LogP contribution in [0.5, 0.6) is 0 Å². The lowest BCUT2D eigenvalue weighted by Crippen LogP contribution is -1.94. The lowest BCUT2D eigenvalue weighted by molar-refractivity contribution is -0.133. The second-order valence-electron chi connectivity index (χ2n) is 3.36. The lowest BCUT2D eigenvalue weighted by Gasteiger charge is -1.93. The van der Waals surface area contributed by atoms with E-state index >= 15 is 0 Å². The lowest BCUT2D eigenvalue weighted by atomic mass is 10.1. The highest BCUT2D eigenvalue weighted by molar-refractivity contribution is 5.98. The summed E-state index contributed by atoms with van der Waals surface area (Å²) in [5.74, 6) is 4.42. The van der Waals surface area contributed by atoms with E-state index in [1.807, 2.05) is 6.07 Å². The number of carbonyl (C=O) groups excluding carboxylic acids is 2. The molecule has 0 saturated heterocycles. The highest BCUT2D eigenvalue weighted by Crippen LogP contribution is 2.17. The summed E-state index contributed by atoms with van der Waals surface area (Å²) < 4.78 is 4.41. The molecule has 4 heteroatoms. The molecule has 17 heavy (non-hydrogen) atoms. The van der Waals surface area contributed by atoms with Gasteiger partial charge >= 0.3 is 5.97 Å². The highest BCUT2D eigenvalue weighted by Gasteiger charge is 2.02. The number of rotatable bonds is 1. The van der Waals surface area contributed by atoms with Gasteiger partial charge in [-0.05, 0) is 18.2 Å². The van der Waals surface area contributed by atoms with Gasteiger partial charge in [-0.3, -0.25) is 4.79 Å². The molecular weight excluding hydrogens is 218 g/mol. The van der Waals surface area contributed by atoms with Gasteiger partial charge in [-0.15, -0.1) is 0 Å². The van der Waals surface area contributed by atoms with Crippen molar-refractivity contribution in [2.24, 2.45) is 0 Å². The van der Waals surface area contributed by atoms with E-state index in [0.717, 1.165) is 17.2 Å². The molecule has 0 aliphatic heterocycles. The van der Waals surface area contributed by atoms with Crippen molar-refractivity contribution in [1.29, 1.82) is 0 Å². The van der Waals surface area contributed by atoms with Crippen molar-refractivity contribution in [3.63, 3.8) is 0 Å². The van der Waals surface area contributed by atoms with Crippen molar-refractivity contribution >= 4 is 23.2 Å². The second kappa shape index (κ2) is 4.54. The fraction of sp³-hybridized carbons (Fsp3) is 0.0769. The molecule has 0 bridgehead atoms. The number of ether oxygens (including phenoxy) is 1. The Morgan fingerprint density at radius 3 is 3.00 bits per heavy atom. The average Bonchev–Trinajstić information content (AvgIpc) is 2.78. The standard InChI is InChI=1S/C13H9NO3/c1-17-13(16)5-3-9-2-4-12-11(6-9)10(8-15)7-14-12/h2,4,6-8,14H,1H3. The summed E-state index contributed by atoms with van der Waals surface area (Å²) >= 11 is 0. The first-order chi connectivity index (χ1) is 8.24. The van der Waals surface area contributed by atoms with Crippen LogP contribution in [0.4, 0.5) is 0 Å². The van der Waals surface area contributed by atoms with Gasteiger partial charge in [0.25, 0.3) is 0 Å². The summed E-state index contributed by atoms with van der Waals surface area (Å²) in [6, 6.07) is 5.33. The van der Waals surface area contributed by atoms with Crippen LogP contribution in [0.3, 0.4) is 0 Å². The molecule has 0 spiro atoms. The van der Waals surface area contributed by atoms with Crippen molar-refractivity contribution in [3.05, 3.63) is 35.5 Å². The number of hydrogen-bond donors (Lipinski definition) is 1. The predicted octanol–water partition coefficient (Wildman–Crippen LogP) is 1.50. The molecule has 1 N–H and O–H groups in total. The number of aromatic nitrogens is 1. The number of esters is 1. The largest absolute Gasteiger partial charge is 0.459 e. The first-order valence-electron chi connectivity index (χ1n) is 4.91. The van der Waals surface area contributed by atoms with Crippen LogP contribution < -0.4 is 0 Å². The van der Waals surface area contributed by atoms with E-state index < -0.39 is 5.97 Å². The third-order valence-electron chi connectivity index (χ3n) is 2.34. The van der Waals surface area contributed by atoms with Gasteiger partial charge in [-0.25, -0.2) is 4.79 Å². The topological polar surface area (TPSA) is 59.2 Å². The maximum absolute atomic E-state index is 10.9. The molecule has 2 aromatic rings. The van der Waals surface area contributed by atoms with E-state index in [1.54, 1.807) is 18.3 Å². The van der Waals surface area contributed by atoms with E-state index in [4.69, 9.17) is 0 Å². The first-order valence-corrected chi connectivity index (χ1v) is 4.91. The Labute approximate surface area is 97.6 Å². The molecule has 1 aromatic carbocycles. The number of hydrogen-bond acceptors (Lipinski definition) is 3. The summed E-state index contributed by atoms with van der Waals surface area (Å²) in [7, 11) is 1.27. The number of methoxy groups -OCH3 is 1. The van der Waals surface area contributed by atoms with Gasteiger partial charge in [-0.1, -0.05) is 5.92 Å². The first kappa shape index (κ1) is 11.0. The Morgan fingerprint density at radius 1 is 1.47 bits per heavy atom. The maximum atomic E-state index is 10.9. The molecule has 0 aliphatic rings. The van der Waals surface area contributed by atoms with Crippen LogP contribution in [0.2, 0.25) is 0 Å². The zero-order chi connectivity index (χ0) is 12.3. The minimum absolute atomic E-state index is 0.571. The molecule has 0 radical (unpaired) electrons. The summed E-state index contributed by atoms with van der Waals surface area (Å²) in [6.07, 6.45) is 2.41. The molecule has 2 rings (SSSR count). The Kier molecular flexibility index (Phi) is 2.93. The summed E-state index contributed by atoms with van der Waals surface area (Å²) in [5.41, 5.74) is 2.09. The monoisotopic (exact) mass is 227 g/mol. The Hall–Kier alpha value is -2.54. The Morgan fingerprint density at radius 2 is 2.29 bits per heavy atom. The minimum Gasteiger partial charge on any atom is -0.459 e. The molecule has 84 valence electrons. The van der Waals surface area contributed by atoms with Gasteiger partial charge in [0, 0.05) is 34.1 Å². The van der Waals surface area contributed by atoms with E-state index in [1.165, 1.54) is 7.11 Å². The quantitative estimate of drug-likeness (QED) is 0.456. The number of carbonyl (C=O) groups is 2. The van der Waals surface area contributed by atoms with E-state index in [9.17, 15) is 9.59 Å². The van der Waals surface area contributed by atoms with Gasteiger partial charge in [0.1, 0.15) is 0 Å². The number of benzene rings is 1. The van der Waals surface area contributed by atoms with Crippen molar-refractivity contribution in [2.75, 3.05) is 7.11 Å². The van der Waals surface area contributed by atoms with E-state index in [0.29, 0.717) is 11.1 Å². The van der Waals surface area contributed by atoms with Crippen LogP contribution in [-0.2, 0) is 9.53 Å². The molecule has 0 atom stereocenters. The number of aldehydes is 1. The van der Waals surface area contributed by atoms with E-state index in [2.05, 4.69) is 21.6 Å². The fourth-order valence-corrected chi connectivity index (χ4v) is 1.49. The predicted molar refractivity (Wildman–Crippen MR) is 62.6 cm³/mol. The zero-order valence-corrected chi connectivity index (χ0v) is 9.11. The molecular formula is C13H9NO3. The third kappa shape index (κ3) is 2.18. The van der Waals surface area contributed by atoms with Crippen molar-refractivity contribution < 1.29 is 14.3 Å². The van der Waals surface area contributed by atoms with Crippen LogP contribution in [0.15, 0.2) is 24.4 Å². The Balaban J connectivity index is 2.45. The van der Waals surface area contributed by atoms with Gasteiger partial charge in [0.2, 0.25) is 0 Å². The van der Waals surface area contributed by atoms with Gasteiger partial charge < -0.3 is 9.72 Å². The van der Waals surface area contributed by atoms with Crippen molar-refractivity contribution in [1.82, 2.24) is 4.98 Å². The number of nitrogens with one attached hydrogen (secondary N) is 1. The van der Waals surface area contributed by atoms with Gasteiger partial charge in [0.05, 0.1) is 7.11 Å². The molecule has 0 fully saturated rings. The molecule has 0 saturated carbocycles. The van der Waals surface area contributed by atoms with Crippen molar-refractivity contribution in [2.45, 2.75) is 0 Å². The normalized spacial score (nSPS) is 9.47. The van der Waals surface area contributed by atoms with Gasteiger partial charge in [0.15, 0.2) is 6.29 Å². The van der Waals surface area contributed by atoms with E-state index in [-0.39, 0.29) is 0 Å². The molecule has 0 unspecified atom stereocenters. The minimum atomic E-state index is -0.588. The molecule has 4 nitrogen and oxygen atoms in total. The summed E-state index contributed by atoms with van der Waals surface area (Å²) in [5, 5.41) is 0.789. The smallest absolute Gasteiger partial charge is 0.384 e. The van der Waals surface area contributed by atoms with Crippen molar-refractivity contribution in [3.8, 4) is 11.8 Å². The number of fused-ring (bicyclic) bond motifs is 1. The summed E-state index contributed by atoms with van der Waals surface area (Å²) in [4.78, 5) is 24.6. The molecule has 1 heterocycles. The van der Waals surface area contributed by atoms with Crippen LogP contribution in [-0.4, -0.2) is 24.3 Å². The van der Waals surface area contributed by atoms with Crippen LogP contribution in [0, 0.1) is 11.8 Å². The number of H-pyrrole nitrogens is 1. The van der Waals surface area contributed by atoms with Crippen LogP contribution in [0.1, 0.15) is 15.9 Å². The SMILES string of the molecule is COC(=O)C#Cc1ccc2[nH]cc(C=O)c2c1. The summed E-state index contributed by atoms with van der Waals surface area (Å²) in [6.45, 7) is 0. The van der Waals surface area contributed by atoms with Gasteiger partial charge in [-0.2, -0.15) is 0 Å². The highest BCUT2D eigenvalue weighted by atomic mass is 16.5. The fourth-order valence-electron chi connectivity index (χ4n) is 1.49. The second-order valence-corrected chi connectivity index (χ2v) is 3.36. The third-order valence-corrected chi connectivity index (χ3v) is 2.34. The Bertz CT molecular complexity index is 643. The molecule has 1 aromatic heterocycles. The molecule has 0 aliphatic carbocycles. The van der Waals surface area contributed by atoms with Crippen LogP contribution in [0.25, 0.3) is 10.9 Å². The average molecular weight is 227 g/mol. The molecule has 0 amide bonds. The van der Waals surface area contributed by atoms with Crippen LogP contribution >= 0.6 is 0 Å². The number of aromatic amines is 1. The maximum Gasteiger partial charge on any atom is 0.384 e.